The summed E-state index contributed by atoms with van der Waals surface area (Å²) in [5.41, 5.74) is 10.4. The van der Waals surface area contributed by atoms with Crippen LogP contribution in [0.15, 0.2) is 168 Å². The van der Waals surface area contributed by atoms with Crippen molar-refractivity contribution in [3.8, 4) is 67.4 Å². The number of hydrogen-bond donors (Lipinski definition) is 0. The first-order valence-corrected chi connectivity index (χ1v) is 15.6. The van der Waals surface area contributed by atoms with Gasteiger partial charge in [-0.05, 0) is 96.4 Å². The van der Waals surface area contributed by atoms with Crippen molar-refractivity contribution in [3.63, 3.8) is 0 Å². The lowest BCUT2D eigenvalue weighted by Gasteiger charge is -2.19. The molecule has 0 saturated carbocycles. The molecular formula is C42H26N4O2. The smallest absolute Gasteiger partial charge is 0.181 e. The second kappa shape index (κ2) is 11.6. The minimum atomic E-state index is 0.623. The molecule has 226 valence electrons. The second-order valence-corrected chi connectivity index (χ2v) is 11.6. The molecule has 0 spiro atoms. The molecule has 6 nitrogen and oxygen atoms in total. The van der Waals surface area contributed by atoms with Gasteiger partial charge in [0.15, 0.2) is 24.3 Å². The normalized spacial score (nSPS) is 11.3. The molecule has 6 heteroatoms. The highest BCUT2D eigenvalue weighted by atomic mass is 16.3. The van der Waals surface area contributed by atoms with Crippen LogP contribution in [0.5, 0.6) is 0 Å². The molecule has 0 aliphatic rings. The maximum atomic E-state index is 5.63. The van der Waals surface area contributed by atoms with E-state index in [1.807, 2.05) is 18.5 Å². The molecule has 0 aliphatic heterocycles. The van der Waals surface area contributed by atoms with Crippen molar-refractivity contribution in [2.24, 2.45) is 0 Å². The van der Waals surface area contributed by atoms with Crippen LogP contribution in [0.25, 0.3) is 89.0 Å². The molecule has 9 aromatic rings. The van der Waals surface area contributed by atoms with Crippen LogP contribution in [0.1, 0.15) is 0 Å². The van der Waals surface area contributed by atoms with Crippen molar-refractivity contribution in [2.45, 2.75) is 0 Å². The molecule has 4 heterocycles. The quantitative estimate of drug-likeness (QED) is 0.173. The zero-order valence-corrected chi connectivity index (χ0v) is 25.6. The van der Waals surface area contributed by atoms with Crippen molar-refractivity contribution in [3.05, 3.63) is 159 Å². The van der Waals surface area contributed by atoms with E-state index in [4.69, 9.17) is 8.83 Å². The van der Waals surface area contributed by atoms with Crippen LogP contribution in [-0.2, 0) is 0 Å². The van der Waals surface area contributed by atoms with E-state index in [0.717, 1.165) is 66.3 Å². The number of nitrogens with zero attached hydrogens (tertiary/aromatic N) is 4. The summed E-state index contributed by atoms with van der Waals surface area (Å²) in [6.45, 7) is 0. The van der Waals surface area contributed by atoms with Crippen LogP contribution in [0, 0.1) is 0 Å². The van der Waals surface area contributed by atoms with E-state index in [1.54, 1.807) is 12.4 Å². The third kappa shape index (κ3) is 4.84. The zero-order chi connectivity index (χ0) is 31.9. The summed E-state index contributed by atoms with van der Waals surface area (Å²) in [4.78, 5) is 17.4. The number of pyridine rings is 2. The molecule has 0 atom stereocenters. The van der Waals surface area contributed by atoms with Gasteiger partial charge in [-0.25, -0.2) is 9.97 Å². The van der Waals surface area contributed by atoms with E-state index in [2.05, 4.69) is 135 Å². The molecule has 0 aliphatic carbocycles. The van der Waals surface area contributed by atoms with Crippen LogP contribution < -0.4 is 0 Å². The fourth-order valence-electron chi connectivity index (χ4n) is 6.59. The fourth-order valence-corrected chi connectivity index (χ4v) is 6.59. The first kappa shape index (κ1) is 27.6. The minimum Gasteiger partial charge on any atom is -0.442 e. The molecule has 48 heavy (non-hydrogen) atoms. The lowest BCUT2D eigenvalue weighted by Crippen LogP contribution is -1.93. The second-order valence-electron chi connectivity index (χ2n) is 11.6. The van der Waals surface area contributed by atoms with Gasteiger partial charge in [-0.1, -0.05) is 91.0 Å². The topological polar surface area (TPSA) is 77.8 Å². The first-order valence-electron chi connectivity index (χ1n) is 15.6. The van der Waals surface area contributed by atoms with E-state index in [-0.39, 0.29) is 0 Å². The highest BCUT2D eigenvalue weighted by Gasteiger charge is 2.19. The summed E-state index contributed by atoms with van der Waals surface area (Å²) >= 11 is 0. The Kier molecular flexibility index (Phi) is 6.68. The molecule has 0 amide bonds. The van der Waals surface area contributed by atoms with Gasteiger partial charge < -0.3 is 8.83 Å². The third-order valence-electron chi connectivity index (χ3n) is 8.82. The minimum absolute atomic E-state index is 0.623. The van der Waals surface area contributed by atoms with Crippen LogP contribution >= 0.6 is 0 Å². The molecule has 4 aromatic heterocycles. The Morgan fingerprint density at radius 2 is 0.854 bits per heavy atom. The summed E-state index contributed by atoms with van der Waals surface area (Å²) in [6, 6.07) is 42.9. The van der Waals surface area contributed by atoms with Crippen molar-refractivity contribution < 1.29 is 8.83 Å². The maximum Gasteiger partial charge on any atom is 0.181 e. The van der Waals surface area contributed by atoms with E-state index >= 15 is 0 Å². The standard InChI is InChI=1S/C42H26N4O2/c1-2-6-27(7-3-1)28-10-12-29(13-11-28)30-14-15-35-36(20-30)42(32-17-19-46-38(22-32)40-24-44-26-48-40)34-9-5-4-8-33(34)41(35)31-16-18-45-37(21-31)39-23-43-25-47-39/h1-26H. The summed E-state index contributed by atoms with van der Waals surface area (Å²) in [5.74, 6) is 1.25. The van der Waals surface area contributed by atoms with E-state index < -0.39 is 0 Å². The third-order valence-corrected chi connectivity index (χ3v) is 8.82. The maximum absolute atomic E-state index is 5.63. The largest absolute Gasteiger partial charge is 0.442 e. The van der Waals surface area contributed by atoms with Crippen molar-refractivity contribution >= 4 is 21.5 Å². The van der Waals surface area contributed by atoms with Gasteiger partial charge in [-0.15, -0.1) is 0 Å². The van der Waals surface area contributed by atoms with Crippen molar-refractivity contribution in [2.75, 3.05) is 0 Å². The van der Waals surface area contributed by atoms with Gasteiger partial charge in [0.1, 0.15) is 11.4 Å². The Morgan fingerprint density at radius 3 is 1.42 bits per heavy atom. The summed E-state index contributed by atoms with van der Waals surface area (Å²) in [5, 5.41) is 4.51. The molecule has 0 unspecified atom stereocenters. The highest BCUT2D eigenvalue weighted by Crippen LogP contribution is 2.45. The van der Waals surface area contributed by atoms with Gasteiger partial charge in [0.2, 0.25) is 0 Å². The van der Waals surface area contributed by atoms with Gasteiger partial charge in [0, 0.05) is 12.4 Å². The Labute approximate surface area is 276 Å². The van der Waals surface area contributed by atoms with Crippen LogP contribution in [-0.4, -0.2) is 19.9 Å². The Morgan fingerprint density at radius 1 is 0.375 bits per heavy atom. The van der Waals surface area contributed by atoms with Gasteiger partial charge >= 0.3 is 0 Å². The van der Waals surface area contributed by atoms with Crippen molar-refractivity contribution in [1.29, 1.82) is 0 Å². The average molecular weight is 619 g/mol. The van der Waals surface area contributed by atoms with Gasteiger partial charge in [-0.3, -0.25) is 9.97 Å². The van der Waals surface area contributed by atoms with Gasteiger partial charge in [-0.2, -0.15) is 0 Å². The lowest BCUT2D eigenvalue weighted by molar-refractivity contribution is 0.569. The number of aromatic nitrogens is 4. The van der Waals surface area contributed by atoms with Crippen LogP contribution in [0.3, 0.4) is 0 Å². The SMILES string of the molecule is c1ccc(-c2ccc(-c3ccc4c(-c5ccnc(-c6cnco6)c5)c5ccccc5c(-c5ccnc(-c6cnco6)c5)c4c3)cc2)cc1. The molecular weight excluding hydrogens is 592 g/mol. The Bertz CT molecular complexity index is 2540. The first-order chi connectivity index (χ1) is 23.8. The van der Waals surface area contributed by atoms with Crippen LogP contribution in [0.4, 0.5) is 0 Å². The number of oxazole rings is 2. The molecule has 9 rings (SSSR count). The lowest BCUT2D eigenvalue weighted by atomic mass is 9.85. The molecule has 5 aromatic carbocycles. The predicted molar refractivity (Wildman–Crippen MR) is 190 cm³/mol. The average Bonchev–Trinajstić information content (AvgIpc) is 3.90. The number of fused-ring (bicyclic) bond motifs is 2. The predicted octanol–water partition coefficient (Wildman–Crippen LogP) is 10.8. The summed E-state index contributed by atoms with van der Waals surface area (Å²) in [6.07, 6.45) is 9.91. The Balaban J connectivity index is 1.30. The highest BCUT2D eigenvalue weighted by molar-refractivity contribution is 6.22. The monoisotopic (exact) mass is 618 g/mol. The van der Waals surface area contributed by atoms with E-state index in [9.17, 15) is 0 Å². The number of hydrogen-bond acceptors (Lipinski definition) is 6. The Hall–Kier alpha value is -6.66. The van der Waals surface area contributed by atoms with E-state index in [1.165, 1.54) is 23.9 Å². The molecule has 0 saturated heterocycles. The molecule has 0 bridgehead atoms. The van der Waals surface area contributed by atoms with Crippen molar-refractivity contribution in [1.82, 2.24) is 19.9 Å². The summed E-state index contributed by atoms with van der Waals surface area (Å²) in [7, 11) is 0. The summed E-state index contributed by atoms with van der Waals surface area (Å²) < 4.78 is 11.2. The van der Waals surface area contributed by atoms with Crippen LogP contribution in [0.2, 0.25) is 0 Å². The number of rotatable bonds is 6. The van der Waals surface area contributed by atoms with Gasteiger partial charge in [0.25, 0.3) is 0 Å². The van der Waals surface area contributed by atoms with E-state index in [0.29, 0.717) is 11.5 Å². The fraction of sp³-hybridized carbons (Fsp3) is 0. The number of benzene rings is 5. The molecule has 0 N–H and O–H groups in total. The molecule has 0 radical (unpaired) electrons. The molecule has 0 fully saturated rings. The zero-order valence-electron chi connectivity index (χ0n) is 25.6. The van der Waals surface area contributed by atoms with Gasteiger partial charge in [0.05, 0.1) is 12.4 Å².